The summed E-state index contributed by atoms with van der Waals surface area (Å²) in [6, 6.07) is -0.841. The zero-order chi connectivity index (χ0) is 45.7. The summed E-state index contributed by atoms with van der Waals surface area (Å²) < 4.78 is 23.7. The molecule has 0 aliphatic rings. The maximum Gasteiger partial charge on any atom is 0.472 e. The van der Waals surface area contributed by atoms with Gasteiger partial charge in [0.25, 0.3) is 0 Å². The number of nitrogens with one attached hydrogen (secondary N) is 1. The number of unbranched alkanes of at least 4 members (excludes halogenated alkanes) is 37. The van der Waals surface area contributed by atoms with Gasteiger partial charge in [-0.1, -0.05) is 257 Å². The first kappa shape index (κ1) is 61.2. The predicted octanol–water partition coefficient (Wildman–Crippen LogP) is 15.9. The molecular weight excluding hydrogens is 792 g/mol. The number of hydrogen-bond donors (Lipinski definition) is 3. The van der Waals surface area contributed by atoms with Crippen molar-refractivity contribution in [2.75, 3.05) is 40.9 Å². The van der Waals surface area contributed by atoms with Gasteiger partial charge in [0.15, 0.2) is 0 Å². The lowest BCUT2D eigenvalue weighted by Gasteiger charge is -2.25. The van der Waals surface area contributed by atoms with E-state index in [1.807, 2.05) is 27.2 Å². The molecule has 1 amide bonds. The minimum Gasteiger partial charge on any atom is -0.387 e. The van der Waals surface area contributed by atoms with Gasteiger partial charge in [-0.05, 0) is 19.3 Å². The Bertz CT molecular complexity index is 1020. The molecule has 0 rings (SSSR count). The van der Waals surface area contributed by atoms with Gasteiger partial charge in [-0.25, -0.2) is 4.57 Å². The molecule has 3 atom stereocenters. The summed E-state index contributed by atoms with van der Waals surface area (Å²) in [5.41, 5.74) is 0. The Morgan fingerprint density at radius 2 is 0.855 bits per heavy atom. The fourth-order valence-electron chi connectivity index (χ4n) is 8.22. The molecule has 0 fully saturated rings. The van der Waals surface area contributed by atoms with Crippen molar-refractivity contribution in [3.63, 3.8) is 0 Å². The van der Waals surface area contributed by atoms with Crippen LogP contribution in [0.15, 0.2) is 12.2 Å². The molecule has 0 aromatic rings. The van der Waals surface area contributed by atoms with Gasteiger partial charge in [-0.2, -0.15) is 0 Å². The highest BCUT2D eigenvalue weighted by Crippen LogP contribution is 2.43. The first-order valence-electron chi connectivity index (χ1n) is 27.1. The van der Waals surface area contributed by atoms with Gasteiger partial charge >= 0.3 is 7.82 Å². The first-order valence-corrected chi connectivity index (χ1v) is 28.6. The van der Waals surface area contributed by atoms with E-state index in [0.717, 1.165) is 32.1 Å². The number of likely N-dealkylation sites (N-methyl/N-ethyl adjacent to an activating group) is 1. The van der Waals surface area contributed by atoms with Crippen molar-refractivity contribution in [2.45, 2.75) is 283 Å². The minimum absolute atomic E-state index is 0.0650. The summed E-state index contributed by atoms with van der Waals surface area (Å²) in [7, 11) is 1.59. The summed E-state index contributed by atoms with van der Waals surface area (Å²) in [6.07, 6.45) is 54.4. The fourth-order valence-corrected chi connectivity index (χ4v) is 8.96. The molecule has 8 nitrogen and oxygen atoms in total. The summed E-state index contributed by atoms with van der Waals surface area (Å²) in [5.74, 6) is -0.171. The van der Waals surface area contributed by atoms with Gasteiger partial charge in [0.2, 0.25) is 5.91 Å². The number of aliphatic hydroxyl groups is 1. The zero-order valence-electron chi connectivity index (χ0n) is 42.1. The Kier molecular flexibility index (Phi) is 44.8. The van der Waals surface area contributed by atoms with E-state index in [1.165, 1.54) is 218 Å². The van der Waals surface area contributed by atoms with E-state index in [9.17, 15) is 19.4 Å². The molecular formula is C53H108N2O6P+. The van der Waals surface area contributed by atoms with E-state index in [0.29, 0.717) is 17.4 Å². The molecule has 0 aliphatic heterocycles. The van der Waals surface area contributed by atoms with E-state index in [-0.39, 0.29) is 19.1 Å². The monoisotopic (exact) mass is 900 g/mol. The van der Waals surface area contributed by atoms with Crippen LogP contribution >= 0.6 is 7.82 Å². The van der Waals surface area contributed by atoms with Crippen LogP contribution in [0.1, 0.15) is 271 Å². The SMILES string of the molecule is CCCCCCCCCCCCCCCCC/C=C/C(O)C(COP(=O)(O)OCC[N+](C)(C)C)NC(=O)CCCCCCCCCCCCCCCCCCCCCCCCC. The highest BCUT2D eigenvalue weighted by Gasteiger charge is 2.27. The summed E-state index contributed by atoms with van der Waals surface area (Å²) in [5, 5.41) is 13.9. The number of allylic oxidation sites excluding steroid dienone is 1. The summed E-state index contributed by atoms with van der Waals surface area (Å²) in [6.45, 7) is 4.86. The molecule has 0 saturated heterocycles. The number of rotatable bonds is 50. The number of nitrogens with zero attached hydrogens (tertiary/aromatic N) is 1. The number of phosphoric ester groups is 1. The molecule has 0 aromatic heterocycles. The maximum absolute atomic E-state index is 12.9. The number of carbonyl (C=O) groups excluding carboxylic acids is 1. The van der Waals surface area contributed by atoms with Crippen molar-refractivity contribution in [1.29, 1.82) is 0 Å². The average molecular weight is 900 g/mol. The van der Waals surface area contributed by atoms with Crippen molar-refractivity contribution in [3.8, 4) is 0 Å². The number of phosphoric acid groups is 1. The quantitative estimate of drug-likeness (QED) is 0.0243. The number of aliphatic hydroxyl groups excluding tert-OH is 1. The average Bonchev–Trinajstić information content (AvgIpc) is 3.23. The van der Waals surface area contributed by atoms with Crippen molar-refractivity contribution in [3.05, 3.63) is 12.2 Å². The predicted molar refractivity (Wildman–Crippen MR) is 268 cm³/mol. The van der Waals surface area contributed by atoms with Crippen molar-refractivity contribution in [2.24, 2.45) is 0 Å². The Morgan fingerprint density at radius 3 is 1.19 bits per heavy atom. The molecule has 0 bridgehead atoms. The highest BCUT2D eigenvalue weighted by atomic mass is 31.2. The molecule has 0 radical (unpaired) electrons. The summed E-state index contributed by atoms with van der Waals surface area (Å²) in [4.78, 5) is 23.2. The lowest BCUT2D eigenvalue weighted by molar-refractivity contribution is -0.870. The Morgan fingerprint density at radius 1 is 0.532 bits per heavy atom. The van der Waals surface area contributed by atoms with Crippen LogP contribution in [0.5, 0.6) is 0 Å². The normalized spacial score (nSPS) is 14.1. The number of amides is 1. The van der Waals surface area contributed by atoms with Gasteiger partial charge in [0.1, 0.15) is 13.2 Å². The second-order valence-corrected chi connectivity index (χ2v) is 21.4. The Balaban J connectivity index is 4.21. The molecule has 370 valence electrons. The molecule has 0 heterocycles. The van der Waals surface area contributed by atoms with Gasteiger partial charge in [-0.3, -0.25) is 13.8 Å². The molecule has 3 unspecified atom stereocenters. The largest absolute Gasteiger partial charge is 0.472 e. The van der Waals surface area contributed by atoms with E-state index in [2.05, 4.69) is 19.2 Å². The lowest BCUT2D eigenvalue weighted by atomic mass is 10.0. The second-order valence-electron chi connectivity index (χ2n) is 20.0. The Hall–Kier alpha value is -0.760. The van der Waals surface area contributed by atoms with Gasteiger partial charge < -0.3 is 19.8 Å². The zero-order valence-corrected chi connectivity index (χ0v) is 43.0. The van der Waals surface area contributed by atoms with Crippen molar-refractivity contribution >= 4 is 13.7 Å². The van der Waals surface area contributed by atoms with Crippen molar-refractivity contribution < 1.29 is 32.9 Å². The molecule has 62 heavy (non-hydrogen) atoms. The van der Waals surface area contributed by atoms with Gasteiger partial charge in [-0.15, -0.1) is 0 Å². The number of quaternary nitrogens is 1. The van der Waals surface area contributed by atoms with Crippen LogP contribution in [0.3, 0.4) is 0 Å². The molecule has 9 heteroatoms. The van der Waals surface area contributed by atoms with Gasteiger partial charge in [0.05, 0.1) is 39.9 Å². The number of carbonyl (C=O) groups is 1. The van der Waals surface area contributed by atoms with Crippen LogP contribution in [0.25, 0.3) is 0 Å². The third-order valence-electron chi connectivity index (χ3n) is 12.5. The third-order valence-corrected chi connectivity index (χ3v) is 13.5. The van der Waals surface area contributed by atoms with E-state index >= 15 is 0 Å². The van der Waals surface area contributed by atoms with Gasteiger partial charge in [0, 0.05) is 6.42 Å². The van der Waals surface area contributed by atoms with Crippen LogP contribution < -0.4 is 5.32 Å². The molecule has 0 spiro atoms. The van der Waals surface area contributed by atoms with E-state index < -0.39 is 20.0 Å². The number of hydrogen-bond acceptors (Lipinski definition) is 5. The van der Waals surface area contributed by atoms with Crippen LogP contribution in [-0.4, -0.2) is 73.4 Å². The van der Waals surface area contributed by atoms with Crippen LogP contribution in [-0.2, 0) is 18.4 Å². The van der Waals surface area contributed by atoms with E-state index in [1.54, 1.807) is 6.08 Å². The van der Waals surface area contributed by atoms with Crippen LogP contribution in [0.2, 0.25) is 0 Å². The fraction of sp³-hybridized carbons (Fsp3) is 0.943. The molecule has 0 aromatic carbocycles. The first-order chi connectivity index (χ1) is 30.0. The molecule has 3 N–H and O–H groups in total. The second kappa shape index (κ2) is 45.4. The Labute approximate surface area is 386 Å². The summed E-state index contributed by atoms with van der Waals surface area (Å²) >= 11 is 0. The topological polar surface area (TPSA) is 105 Å². The highest BCUT2D eigenvalue weighted by molar-refractivity contribution is 7.47. The smallest absolute Gasteiger partial charge is 0.387 e. The van der Waals surface area contributed by atoms with Crippen LogP contribution in [0.4, 0.5) is 0 Å². The standard InChI is InChI=1S/C53H107N2O6P/c1-6-8-10-12-14-16-18-20-22-24-25-26-27-28-29-31-33-35-37-39-41-43-45-47-53(57)54-51(50-61-62(58,59)60-49-48-55(3,4)5)52(56)46-44-42-40-38-36-34-32-30-23-21-19-17-15-13-11-9-7-2/h44,46,51-52,56H,6-43,45,47-50H2,1-5H3,(H-,54,57,58,59)/p+1/b46-44+. The van der Waals surface area contributed by atoms with E-state index in [4.69, 9.17) is 9.05 Å². The van der Waals surface area contributed by atoms with Crippen LogP contribution in [0, 0.1) is 0 Å². The third kappa shape index (κ3) is 47.2. The van der Waals surface area contributed by atoms with Crippen molar-refractivity contribution in [1.82, 2.24) is 5.32 Å². The lowest BCUT2D eigenvalue weighted by Crippen LogP contribution is -2.45. The molecule has 0 aliphatic carbocycles. The minimum atomic E-state index is -4.34. The maximum atomic E-state index is 12.9. The molecule has 0 saturated carbocycles.